The van der Waals surface area contributed by atoms with Crippen LogP contribution in [0.1, 0.15) is 20.8 Å². The van der Waals surface area contributed by atoms with Gasteiger partial charge in [-0.3, -0.25) is 6.08 Å². The first kappa shape index (κ1) is 13.5. The third-order valence-corrected chi connectivity index (χ3v) is 1.16. The number of nitrogens with one attached hydrogen (secondary N) is 1. The van der Waals surface area contributed by atoms with Crippen molar-refractivity contribution in [3.05, 3.63) is 23.9 Å². The minimum Gasteiger partial charge on any atom is -0.407 e. The molecule has 0 saturated heterocycles. The van der Waals surface area contributed by atoms with E-state index in [1.54, 1.807) is 0 Å². The smallest absolute Gasteiger partial charge is 0.407 e. The Morgan fingerprint density at radius 1 is 1.45 bits per heavy atom. The first-order valence-electron chi connectivity index (χ1n) is 3.60. The zero-order valence-corrected chi connectivity index (χ0v) is 8.23. The Balaban J connectivity index is 0. The second-order valence-corrected chi connectivity index (χ2v) is 2.59. The topological polar surface area (TPSA) is 12.0 Å². The molecule has 0 aromatic rings. The van der Waals surface area contributed by atoms with E-state index in [1.807, 2.05) is 26.1 Å². The van der Waals surface area contributed by atoms with Crippen molar-refractivity contribution in [3.8, 4) is 0 Å². The Morgan fingerprint density at radius 2 is 2.00 bits per heavy atom. The first-order chi connectivity index (χ1) is 4.66. The van der Waals surface area contributed by atoms with E-state index in [0.717, 1.165) is 5.70 Å². The summed E-state index contributed by atoms with van der Waals surface area (Å²) in [6, 6.07) is 0. The van der Waals surface area contributed by atoms with Gasteiger partial charge in [-0.1, -0.05) is 19.5 Å². The van der Waals surface area contributed by atoms with Crippen LogP contribution in [0.3, 0.4) is 0 Å². The third-order valence-electron chi connectivity index (χ3n) is 1.16. The number of hydrogen-bond acceptors (Lipinski definition) is 1. The fourth-order valence-corrected chi connectivity index (χ4v) is 0.449. The predicted octanol–water partition coefficient (Wildman–Crippen LogP) is -0.871. The minimum absolute atomic E-state index is 0. The van der Waals surface area contributed by atoms with E-state index < -0.39 is 0 Å². The van der Waals surface area contributed by atoms with E-state index in [-0.39, 0.29) is 18.9 Å². The van der Waals surface area contributed by atoms with Gasteiger partial charge >= 0.3 is 18.9 Å². The molecule has 1 nitrogen and oxygen atoms in total. The van der Waals surface area contributed by atoms with Gasteiger partial charge in [-0.15, -0.1) is 5.92 Å². The SMILES string of the molecule is CN/C(C)=C\C=[C-]C(C)C.[Li+]. The minimum atomic E-state index is 0. The van der Waals surface area contributed by atoms with Crippen LogP contribution in [0.25, 0.3) is 0 Å². The van der Waals surface area contributed by atoms with Crippen molar-refractivity contribution in [3.63, 3.8) is 0 Å². The molecular weight excluding hydrogens is 129 g/mol. The van der Waals surface area contributed by atoms with Crippen molar-refractivity contribution in [2.24, 2.45) is 5.92 Å². The van der Waals surface area contributed by atoms with Crippen LogP contribution in [0, 0.1) is 12.0 Å². The van der Waals surface area contributed by atoms with E-state index in [4.69, 9.17) is 0 Å². The summed E-state index contributed by atoms with van der Waals surface area (Å²) in [6.07, 6.45) is 7.14. The maximum atomic E-state index is 3.17. The molecule has 0 aliphatic rings. The standard InChI is InChI=1S/C9H16N.Li/c1-8(2)6-5-7-9(3)10-4;/h5,7-8,10H,1-4H3;/q-1;+1/b9-7-;. The van der Waals surface area contributed by atoms with Gasteiger partial charge in [-0.05, 0) is 6.92 Å². The molecule has 0 fully saturated rings. The number of rotatable bonds is 3. The third kappa shape index (κ3) is 9.88. The molecule has 58 valence electrons. The van der Waals surface area contributed by atoms with Crippen molar-refractivity contribution >= 4 is 0 Å². The fourth-order valence-electron chi connectivity index (χ4n) is 0.449. The molecule has 0 aliphatic carbocycles. The first-order valence-corrected chi connectivity index (χ1v) is 3.60. The van der Waals surface area contributed by atoms with Crippen LogP contribution in [-0.4, -0.2) is 7.05 Å². The Labute approximate surface area is 82.1 Å². The number of allylic oxidation sites excluding steroid dienone is 4. The maximum Gasteiger partial charge on any atom is 1.00 e. The molecule has 2 heteroatoms. The summed E-state index contributed by atoms with van der Waals surface area (Å²) in [7, 11) is 1.91. The van der Waals surface area contributed by atoms with Crippen LogP contribution < -0.4 is 24.2 Å². The van der Waals surface area contributed by atoms with Gasteiger partial charge in [0.15, 0.2) is 0 Å². The summed E-state index contributed by atoms with van der Waals surface area (Å²) < 4.78 is 0. The van der Waals surface area contributed by atoms with Gasteiger partial charge in [0.1, 0.15) is 0 Å². The molecule has 0 aromatic heterocycles. The van der Waals surface area contributed by atoms with Crippen LogP contribution in [0.15, 0.2) is 17.8 Å². The molecule has 0 radical (unpaired) electrons. The summed E-state index contributed by atoms with van der Waals surface area (Å²) in [5.74, 6) is 0.515. The maximum absolute atomic E-state index is 3.17. The fraction of sp³-hybridized carbons (Fsp3) is 0.556. The van der Waals surface area contributed by atoms with Gasteiger partial charge in [-0.25, -0.2) is 6.08 Å². The predicted molar refractivity (Wildman–Crippen MR) is 45.5 cm³/mol. The molecule has 0 heterocycles. The summed E-state index contributed by atoms with van der Waals surface area (Å²) in [6.45, 7) is 6.25. The van der Waals surface area contributed by atoms with E-state index in [2.05, 4.69) is 25.2 Å². The Morgan fingerprint density at radius 3 is 2.36 bits per heavy atom. The second-order valence-electron chi connectivity index (χ2n) is 2.59. The van der Waals surface area contributed by atoms with Crippen LogP contribution in [0.4, 0.5) is 0 Å². The second kappa shape index (κ2) is 7.98. The molecule has 0 bridgehead atoms. The van der Waals surface area contributed by atoms with Crippen LogP contribution in [0.2, 0.25) is 0 Å². The Bertz CT molecular complexity index is 136. The molecule has 0 rings (SSSR count). The van der Waals surface area contributed by atoms with Crippen molar-refractivity contribution in [1.29, 1.82) is 0 Å². The van der Waals surface area contributed by atoms with E-state index in [0.29, 0.717) is 5.92 Å². The van der Waals surface area contributed by atoms with Gasteiger partial charge in [0.25, 0.3) is 0 Å². The van der Waals surface area contributed by atoms with Crippen LogP contribution in [-0.2, 0) is 0 Å². The molecule has 0 unspecified atom stereocenters. The van der Waals surface area contributed by atoms with Gasteiger partial charge in [-0.2, -0.15) is 6.08 Å². The van der Waals surface area contributed by atoms with Crippen molar-refractivity contribution < 1.29 is 18.9 Å². The zero-order chi connectivity index (χ0) is 7.98. The monoisotopic (exact) mass is 145 g/mol. The Hall–Kier alpha value is -0.123. The van der Waals surface area contributed by atoms with Crippen LogP contribution >= 0.6 is 0 Å². The molecular formula is C9H16LiN. The van der Waals surface area contributed by atoms with Gasteiger partial charge in [0.2, 0.25) is 0 Å². The summed E-state index contributed by atoms with van der Waals surface area (Å²) in [5.41, 5.74) is 1.16. The largest absolute Gasteiger partial charge is 1.00 e. The molecule has 0 aliphatic heterocycles. The van der Waals surface area contributed by atoms with E-state index >= 15 is 0 Å². The molecule has 0 atom stereocenters. The van der Waals surface area contributed by atoms with Crippen LogP contribution in [0.5, 0.6) is 0 Å². The summed E-state index contributed by atoms with van der Waals surface area (Å²) in [5, 5.41) is 3.03. The molecule has 11 heavy (non-hydrogen) atoms. The molecule has 0 spiro atoms. The normalized spacial score (nSPS) is 11.9. The van der Waals surface area contributed by atoms with E-state index in [9.17, 15) is 0 Å². The average molecular weight is 145 g/mol. The molecule has 0 aromatic carbocycles. The van der Waals surface area contributed by atoms with Crippen molar-refractivity contribution in [2.45, 2.75) is 20.8 Å². The zero-order valence-electron chi connectivity index (χ0n) is 8.23. The molecule has 0 amide bonds. The Kier molecular flexibility index (Phi) is 9.77. The van der Waals surface area contributed by atoms with Gasteiger partial charge in [0.05, 0.1) is 0 Å². The number of hydrogen-bond donors (Lipinski definition) is 1. The summed E-state index contributed by atoms with van der Waals surface area (Å²) in [4.78, 5) is 0. The quantitative estimate of drug-likeness (QED) is 0.309. The molecule has 0 saturated carbocycles. The van der Waals surface area contributed by atoms with Crippen molar-refractivity contribution in [2.75, 3.05) is 7.05 Å². The van der Waals surface area contributed by atoms with Gasteiger partial charge < -0.3 is 5.32 Å². The van der Waals surface area contributed by atoms with Crippen molar-refractivity contribution in [1.82, 2.24) is 5.32 Å². The average Bonchev–Trinajstić information content (AvgIpc) is 1.87. The van der Waals surface area contributed by atoms with E-state index in [1.165, 1.54) is 0 Å². The summed E-state index contributed by atoms with van der Waals surface area (Å²) >= 11 is 0. The van der Waals surface area contributed by atoms with Gasteiger partial charge in [0, 0.05) is 7.05 Å². The molecule has 1 N–H and O–H groups in total.